The van der Waals surface area contributed by atoms with Gasteiger partial charge in [-0.2, -0.15) is 5.10 Å². The van der Waals surface area contributed by atoms with Gasteiger partial charge in [0.1, 0.15) is 12.7 Å². The van der Waals surface area contributed by atoms with Crippen molar-refractivity contribution in [2.45, 2.75) is 0 Å². The Labute approximate surface area is 174 Å². The summed E-state index contributed by atoms with van der Waals surface area (Å²) >= 11 is 9.36. The van der Waals surface area contributed by atoms with Crippen molar-refractivity contribution in [3.8, 4) is 5.69 Å². The second-order valence-electron chi connectivity index (χ2n) is 5.55. The number of ether oxygens (including phenoxy) is 1. The summed E-state index contributed by atoms with van der Waals surface area (Å²) in [6, 6.07) is 12.4. The van der Waals surface area contributed by atoms with Crippen LogP contribution in [0.5, 0.6) is 0 Å². The van der Waals surface area contributed by atoms with Crippen molar-refractivity contribution in [2.75, 3.05) is 11.9 Å². The van der Waals surface area contributed by atoms with Crippen LogP contribution in [-0.2, 0) is 14.3 Å². The molecule has 7 nitrogen and oxygen atoms in total. The van der Waals surface area contributed by atoms with Gasteiger partial charge in [-0.25, -0.2) is 14.5 Å². The Morgan fingerprint density at radius 1 is 1.25 bits per heavy atom. The van der Waals surface area contributed by atoms with Crippen LogP contribution in [0.25, 0.3) is 11.8 Å². The molecule has 2 aromatic carbocycles. The summed E-state index contributed by atoms with van der Waals surface area (Å²) in [4.78, 5) is 27.9. The predicted molar refractivity (Wildman–Crippen MR) is 109 cm³/mol. The fraction of sp³-hybridized carbons (Fsp3) is 0.0526. The van der Waals surface area contributed by atoms with Gasteiger partial charge in [0.05, 0.1) is 11.4 Å². The van der Waals surface area contributed by atoms with Gasteiger partial charge in [-0.15, -0.1) is 0 Å². The molecule has 1 heterocycles. The molecule has 1 aromatic heterocycles. The Bertz CT molecular complexity index is 1020. The quantitative estimate of drug-likeness (QED) is 0.445. The van der Waals surface area contributed by atoms with E-state index in [0.717, 1.165) is 10.0 Å². The van der Waals surface area contributed by atoms with Gasteiger partial charge in [0.2, 0.25) is 0 Å². The zero-order valence-electron chi connectivity index (χ0n) is 14.4. The van der Waals surface area contributed by atoms with E-state index in [1.807, 2.05) is 24.3 Å². The second-order valence-corrected chi connectivity index (χ2v) is 6.90. The van der Waals surface area contributed by atoms with E-state index in [1.165, 1.54) is 23.4 Å². The maximum atomic E-state index is 12.2. The van der Waals surface area contributed by atoms with Crippen LogP contribution in [0.1, 0.15) is 5.56 Å². The van der Waals surface area contributed by atoms with Crippen LogP contribution >= 0.6 is 27.5 Å². The average Bonchev–Trinajstić information content (AvgIpc) is 3.19. The van der Waals surface area contributed by atoms with Crippen LogP contribution in [0.4, 0.5) is 5.69 Å². The Morgan fingerprint density at radius 2 is 2.11 bits per heavy atom. The van der Waals surface area contributed by atoms with Gasteiger partial charge < -0.3 is 10.1 Å². The number of benzene rings is 2. The van der Waals surface area contributed by atoms with E-state index in [4.69, 9.17) is 16.3 Å². The van der Waals surface area contributed by atoms with Gasteiger partial charge in [0, 0.05) is 15.6 Å². The predicted octanol–water partition coefficient (Wildman–Crippen LogP) is 3.88. The largest absolute Gasteiger partial charge is 0.452 e. The normalized spacial score (nSPS) is 10.8. The number of hydrogen-bond acceptors (Lipinski definition) is 5. The number of rotatable bonds is 6. The highest BCUT2D eigenvalue weighted by Gasteiger charge is 2.11. The lowest BCUT2D eigenvalue weighted by atomic mass is 10.2. The minimum absolute atomic E-state index is 0.420. The maximum absolute atomic E-state index is 12.2. The van der Waals surface area contributed by atoms with Crippen molar-refractivity contribution in [3.05, 3.63) is 76.3 Å². The summed E-state index contributed by atoms with van der Waals surface area (Å²) in [5.41, 5.74) is 1.83. The van der Waals surface area contributed by atoms with Gasteiger partial charge in [-0.3, -0.25) is 4.79 Å². The van der Waals surface area contributed by atoms with Crippen LogP contribution in [-0.4, -0.2) is 33.2 Å². The fourth-order valence-corrected chi connectivity index (χ4v) is 2.88. The Kier molecular flexibility index (Phi) is 6.57. The molecule has 28 heavy (non-hydrogen) atoms. The zero-order chi connectivity index (χ0) is 19.9. The first-order valence-corrected chi connectivity index (χ1v) is 9.23. The van der Waals surface area contributed by atoms with E-state index < -0.39 is 18.5 Å². The van der Waals surface area contributed by atoms with Gasteiger partial charge >= 0.3 is 5.97 Å². The average molecular weight is 462 g/mol. The first-order chi connectivity index (χ1) is 13.5. The van der Waals surface area contributed by atoms with Crippen LogP contribution in [0, 0.1) is 0 Å². The van der Waals surface area contributed by atoms with Crippen LogP contribution in [0.15, 0.2) is 65.7 Å². The summed E-state index contributed by atoms with van der Waals surface area (Å²) in [5.74, 6) is -1.13. The summed E-state index contributed by atoms with van der Waals surface area (Å²) < 4.78 is 7.35. The molecule has 142 valence electrons. The number of aromatic nitrogens is 3. The molecule has 0 aliphatic carbocycles. The topological polar surface area (TPSA) is 86.1 Å². The number of esters is 1. The van der Waals surface area contributed by atoms with Crippen molar-refractivity contribution in [3.63, 3.8) is 0 Å². The number of nitrogens with one attached hydrogen (secondary N) is 1. The fourth-order valence-electron chi connectivity index (χ4n) is 2.29. The maximum Gasteiger partial charge on any atom is 0.331 e. The third kappa shape index (κ3) is 5.51. The van der Waals surface area contributed by atoms with Crippen molar-refractivity contribution >= 4 is 51.2 Å². The number of hydrogen-bond donors (Lipinski definition) is 1. The van der Waals surface area contributed by atoms with E-state index >= 15 is 0 Å². The monoisotopic (exact) mass is 460 g/mol. The van der Waals surface area contributed by atoms with Crippen LogP contribution in [0.2, 0.25) is 5.02 Å². The molecule has 0 saturated heterocycles. The van der Waals surface area contributed by atoms with E-state index in [9.17, 15) is 9.59 Å². The molecule has 9 heteroatoms. The van der Waals surface area contributed by atoms with Crippen molar-refractivity contribution < 1.29 is 14.3 Å². The summed E-state index contributed by atoms with van der Waals surface area (Å²) in [7, 11) is 0. The summed E-state index contributed by atoms with van der Waals surface area (Å²) in [5, 5.41) is 7.13. The Balaban J connectivity index is 1.59. The van der Waals surface area contributed by atoms with Crippen LogP contribution in [0.3, 0.4) is 0 Å². The number of carbonyl (C=O) groups is 2. The summed E-state index contributed by atoms with van der Waals surface area (Å²) in [6.45, 7) is -0.440. The molecule has 0 aliphatic rings. The van der Waals surface area contributed by atoms with E-state index in [0.29, 0.717) is 16.4 Å². The SMILES string of the molecule is O=C(COC(=O)/C=C/c1cccc(Br)c1)Nc1cc(Cl)ccc1-n1cncn1. The first kappa shape index (κ1) is 19.8. The Morgan fingerprint density at radius 3 is 2.86 bits per heavy atom. The molecule has 0 radical (unpaired) electrons. The number of amides is 1. The molecule has 3 rings (SSSR count). The lowest BCUT2D eigenvalue weighted by Crippen LogP contribution is -2.21. The van der Waals surface area contributed by atoms with Gasteiger partial charge in [-0.05, 0) is 42.0 Å². The minimum atomic E-state index is -0.627. The standard InChI is InChI=1S/C19H14BrClN4O3/c20-14-3-1-2-13(8-14)4-7-19(27)28-10-18(26)24-16-9-15(21)5-6-17(16)25-12-22-11-23-25/h1-9,11-12H,10H2,(H,24,26)/b7-4+. The minimum Gasteiger partial charge on any atom is -0.452 e. The molecule has 0 atom stereocenters. The van der Waals surface area contributed by atoms with Gasteiger partial charge in [0.25, 0.3) is 5.91 Å². The molecule has 1 N–H and O–H groups in total. The van der Waals surface area contributed by atoms with E-state index in [2.05, 4.69) is 31.3 Å². The molecule has 3 aromatic rings. The smallest absolute Gasteiger partial charge is 0.331 e. The first-order valence-electron chi connectivity index (χ1n) is 8.06. The van der Waals surface area contributed by atoms with E-state index in [-0.39, 0.29) is 0 Å². The third-order valence-corrected chi connectivity index (χ3v) is 4.23. The third-order valence-electron chi connectivity index (χ3n) is 3.50. The van der Waals surface area contributed by atoms with Crippen LogP contribution < -0.4 is 5.32 Å². The number of anilines is 1. The molecule has 0 fully saturated rings. The molecule has 1 amide bonds. The number of carbonyl (C=O) groups excluding carboxylic acids is 2. The summed E-state index contributed by atoms with van der Waals surface area (Å²) in [6.07, 6.45) is 5.73. The molecular weight excluding hydrogens is 448 g/mol. The lowest BCUT2D eigenvalue weighted by molar-refractivity contribution is -0.142. The second kappa shape index (κ2) is 9.29. The molecule has 0 aliphatic heterocycles. The van der Waals surface area contributed by atoms with Gasteiger partial charge in [0.15, 0.2) is 6.61 Å². The highest BCUT2D eigenvalue weighted by Crippen LogP contribution is 2.23. The Hall–Kier alpha value is -2.97. The zero-order valence-corrected chi connectivity index (χ0v) is 16.7. The molecule has 0 saturated carbocycles. The molecule has 0 spiro atoms. The lowest BCUT2D eigenvalue weighted by Gasteiger charge is -2.11. The highest BCUT2D eigenvalue weighted by atomic mass is 79.9. The van der Waals surface area contributed by atoms with Gasteiger partial charge in [-0.1, -0.05) is 39.7 Å². The van der Waals surface area contributed by atoms with Crippen molar-refractivity contribution in [1.82, 2.24) is 14.8 Å². The van der Waals surface area contributed by atoms with Crippen molar-refractivity contribution in [1.29, 1.82) is 0 Å². The number of halogens is 2. The molecule has 0 bridgehead atoms. The molecule has 0 unspecified atom stereocenters. The van der Waals surface area contributed by atoms with Crippen molar-refractivity contribution in [2.24, 2.45) is 0 Å². The highest BCUT2D eigenvalue weighted by molar-refractivity contribution is 9.10. The molecular formula is C19H14BrClN4O3. The van der Waals surface area contributed by atoms with E-state index in [1.54, 1.807) is 24.3 Å². The number of nitrogens with zero attached hydrogens (tertiary/aromatic N) is 3.